The minimum Gasteiger partial charge on any atom is -0.427 e. The molecule has 1 aliphatic carbocycles. The summed E-state index contributed by atoms with van der Waals surface area (Å²) >= 11 is 0. The number of hydrogen-bond acceptors (Lipinski definition) is 3. The fraction of sp³-hybridized carbons (Fsp3) is 0.0435. The summed E-state index contributed by atoms with van der Waals surface area (Å²) in [6, 6.07) is 8.19. The van der Waals surface area contributed by atoms with Crippen LogP contribution in [0.4, 0.5) is 17.6 Å². The van der Waals surface area contributed by atoms with E-state index in [0.29, 0.717) is 17.7 Å². The molecule has 0 fully saturated rings. The number of esters is 1. The van der Waals surface area contributed by atoms with Gasteiger partial charge in [0.05, 0.1) is 0 Å². The predicted molar refractivity (Wildman–Crippen MR) is 102 cm³/mol. The van der Waals surface area contributed by atoms with Gasteiger partial charge in [-0.05, 0) is 64.7 Å². The second-order valence-corrected chi connectivity index (χ2v) is 6.73. The van der Waals surface area contributed by atoms with Crippen molar-refractivity contribution in [2.45, 2.75) is 6.92 Å². The number of ether oxygens (including phenoxy) is 1. The van der Waals surface area contributed by atoms with E-state index in [1.54, 1.807) is 0 Å². The lowest BCUT2D eigenvalue weighted by molar-refractivity contribution is -0.131. The number of carbonyl (C=O) groups is 2. The van der Waals surface area contributed by atoms with Crippen molar-refractivity contribution in [2.24, 2.45) is 0 Å². The fourth-order valence-corrected chi connectivity index (χ4v) is 3.42. The van der Waals surface area contributed by atoms with Gasteiger partial charge in [-0.3, -0.25) is 9.59 Å². The zero-order valence-electron chi connectivity index (χ0n) is 15.4. The minimum atomic E-state index is -0.859. The molecule has 0 aliphatic heterocycles. The van der Waals surface area contributed by atoms with Crippen LogP contribution in [0, 0.1) is 23.3 Å². The fourth-order valence-electron chi connectivity index (χ4n) is 3.42. The van der Waals surface area contributed by atoms with E-state index in [0.717, 1.165) is 31.2 Å². The van der Waals surface area contributed by atoms with E-state index in [9.17, 15) is 27.2 Å². The second-order valence-electron chi connectivity index (χ2n) is 6.73. The molecular formula is C23H12F4O3. The van der Waals surface area contributed by atoms with Crippen molar-refractivity contribution in [1.29, 1.82) is 0 Å². The zero-order valence-corrected chi connectivity index (χ0v) is 15.4. The van der Waals surface area contributed by atoms with Gasteiger partial charge in [0.25, 0.3) is 0 Å². The van der Waals surface area contributed by atoms with Crippen molar-refractivity contribution >= 4 is 23.4 Å². The van der Waals surface area contributed by atoms with Crippen LogP contribution in [-0.2, 0) is 4.79 Å². The number of Topliss-reactive ketones (excluding diaryl/α,β-unsaturated/α-hetero) is 1. The van der Waals surface area contributed by atoms with E-state index >= 15 is 0 Å². The first-order chi connectivity index (χ1) is 14.2. The highest BCUT2D eigenvalue weighted by molar-refractivity contribution is 6.38. The normalized spacial score (nSPS) is 12.6. The third-order valence-corrected chi connectivity index (χ3v) is 4.54. The summed E-state index contributed by atoms with van der Waals surface area (Å²) in [5.74, 6) is -4.62. The molecule has 0 bridgehead atoms. The summed E-state index contributed by atoms with van der Waals surface area (Å²) in [7, 11) is 0. The number of carbonyl (C=O) groups excluding carboxylic acids is 2. The number of hydrogen-bond donors (Lipinski definition) is 0. The third-order valence-electron chi connectivity index (χ3n) is 4.54. The first-order valence-electron chi connectivity index (χ1n) is 8.77. The van der Waals surface area contributed by atoms with E-state index in [4.69, 9.17) is 4.74 Å². The average Bonchev–Trinajstić information content (AvgIpc) is 2.96. The number of ketones is 1. The first kappa shape index (κ1) is 19.6. The third kappa shape index (κ3) is 3.61. The Hall–Kier alpha value is -3.74. The molecule has 0 aromatic heterocycles. The van der Waals surface area contributed by atoms with Gasteiger partial charge < -0.3 is 4.74 Å². The molecule has 0 saturated heterocycles. The number of halogens is 4. The highest BCUT2D eigenvalue weighted by Gasteiger charge is 2.28. The van der Waals surface area contributed by atoms with E-state index < -0.39 is 35.0 Å². The van der Waals surface area contributed by atoms with Crippen molar-refractivity contribution in [3.8, 4) is 16.9 Å². The second kappa shape index (κ2) is 7.26. The molecule has 0 N–H and O–H groups in total. The number of rotatable bonds is 3. The van der Waals surface area contributed by atoms with Crippen LogP contribution in [0.3, 0.4) is 0 Å². The number of benzene rings is 3. The molecule has 3 aromatic rings. The van der Waals surface area contributed by atoms with Crippen molar-refractivity contribution in [1.82, 2.24) is 0 Å². The van der Waals surface area contributed by atoms with Gasteiger partial charge in [-0.15, -0.1) is 0 Å². The maximum Gasteiger partial charge on any atom is 0.308 e. The van der Waals surface area contributed by atoms with Crippen molar-refractivity contribution < 1.29 is 31.9 Å². The molecule has 150 valence electrons. The monoisotopic (exact) mass is 412 g/mol. The van der Waals surface area contributed by atoms with Crippen molar-refractivity contribution in [3.05, 3.63) is 88.5 Å². The van der Waals surface area contributed by atoms with Crippen LogP contribution >= 0.6 is 0 Å². The molecule has 0 heterocycles. The predicted octanol–water partition coefficient (Wildman–Crippen LogP) is 5.57. The van der Waals surface area contributed by atoms with E-state index in [1.807, 2.05) is 0 Å². The van der Waals surface area contributed by atoms with E-state index in [2.05, 4.69) is 0 Å². The molecule has 0 unspecified atom stereocenters. The van der Waals surface area contributed by atoms with Gasteiger partial charge in [0.2, 0.25) is 0 Å². The average molecular weight is 412 g/mol. The molecule has 4 rings (SSSR count). The molecule has 0 atom stereocenters. The smallest absolute Gasteiger partial charge is 0.308 e. The van der Waals surface area contributed by atoms with Gasteiger partial charge in [-0.2, -0.15) is 0 Å². The van der Waals surface area contributed by atoms with Crippen molar-refractivity contribution in [3.63, 3.8) is 0 Å². The highest BCUT2D eigenvalue weighted by Crippen LogP contribution is 2.41. The Balaban J connectivity index is 1.94. The molecule has 30 heavy (non-hydrogen) atoms. The van der Waals surface area contributed by atoms with Crippen LogP contribution in [-0.4, -0.2) is 11.8 Å². The largest absolute Gasteiger partial charge is 0.427 e. The Morgan fingerprint density at radius 3 is 1.77 bits per heavy atom. The van der Waals surface area contributed by atoms with Crippen LogP contribution in [0.1, 0.15) is 28.4 Å². The quantitative estimate of drug-likeness (QED) is 0.321. The van der Waals surface area contributed by atoms with Gasteiger partial charge in [-0.25, -0.2) is 17.6 Å². The molecule has 7 heteroatoms. The Labute approximate surface area is 168 Å². The number of fused-ring (bicyclic) bond motifs is 1. The zero-order chi connectivity index (χ0) is 21.6. The summed E-state index contributed by atoms with van der Waals surface area (Å²) in [6.45, 7) is 1.16. The summed E-state index contributed by atoms with van der Waals surface area (Å²) in [6.07, 6.45) is 1.39. The van der Waals surface area contributed by atoms with E-state index in [1.165, 1.54) is 18.2 Å². The standard InChI is InChI=1S/C23H12F4O3/c1-11(28)30-18-8-19(12-2-14(24)6-15(25)3-12)21-10-20(23(29)22(21)9-18)13-4-16(26)7-17(27)5-13/h2-10H,1H3. The Morgan fingerprint density at radius 1 is 0.733 bits per heavy atom. The summed E-state index contributed by atoms with van der Waals surface area (Å²) < 4.78 is 60.0. The summed E-state index contributed by atoms with van der Waals surface area (Å²) in [5, 5.41) is 0. The molecule has 0 radical (unpaired) electrons. The molecular weight excluding hydrogens is 400 g/mol. The molecule has 0 amide bonds. The van der Waals surface area contributed by atoms with Gasteiger partial charge >= 0.3 is 5.97 Å². The minimum absolute atomic E-state index is 0.00139. The van der Waals surface area contributed by atoms with Crippen LogP contribution in [0.25, 0.3) is 22.8 Å². The molecule has 1 aliphatic rings. The maximum absolute atomic E-state index is 13.8. The number of allylic oxidation sites excluding steroid dienone is 1. The van der Waals surface area contributed by atoms with Gasteiger partial charge in [0.15, 0.2) is 5.78 Å². The van der Waals surface area contributed by atoms with Gasteiger partial charge in [-0.1, -0.05) is 0 Å². The Bertz CT molecular complexity index is 1220. The molecule has 3 aromatic carbocycles. The summed E-state index contributed by atoms with van der Waals surface area (Å²) in [5.41, 5.74) is 0.713. The maximum atomic E-state index is 13.8. The van der Waals surface area contributed by atoms with Crippen LogP contribution < -0.4 is 4.74 Å². The summed E-state index contributed by atoms with van der Waals surface area (Å²) in [4.78, 5) is 24.4. The van der Waals surface area contributed by atoms with Gasteiger partial charge in [0, 0.05) is 30.2 Å². The first-order valence-corrected chi connectivity index (χ1v) is 8.77. The molecule has 0 saturated carbocycles. The molecule has 0 spiro atoms. The lowest BCUT2D eigenvalue weighted by atomic mass is 9.96. The van der Waals surface area contributed by atoms with Gasteiger partial charge in [0.1, 0.15) is 29.0 Å². The topological polar surface area (TPSA) is 43.4 Å². The highest BCUT2D eigenvalue weighted by atomic mass is 19.1. The van der Waals surface area contributed by atoms with E-state index in [-0.39, 0.29) is 33.6 Å². The Morgan fingerprint density at radius 2 is 1.23 bits per heavy atom. The lowest BCUT2D eigenvalue weighted by Gasteiger charge is -2.11. The lowest BCUT2D eigenvalue weighted by Crippen LogP contribution is -2.05. The van der Waals surface area contributed by atoms with Crippen molar-refractivity contribution in [2.75, 3.05) is 0 Å². The van der Waals surface area contributed by atoms with Crippen LogP contribution in [0.5, 0.6) is 5.75 Å². The SMILES string of the molecule is CC(=O)Oc1cc2c(c(-c3cc(F)cc(F)c3)c1)C=C(c1cc(F)cc(F)c1)C2=O. The Kier molecular flexibility index (Phi) is 4.73. The van der Waals surface area contributed by atoms with Crippen LogP contribution in [0.2, 0.25) is 0 Å². The van der Waals surface area contributed by atoms with Crippen LogP contribution in [0.15, 0.2) is 48.5 Å². The molecule has 3 nitrogen and oxygen atoms in total.